The molecule has 0 aliphatic heterocycles. The minimum absolute atomic E-state index is 0.102. The molecule has 0 spiro atoms. The summed E-state index contributed by atoms with van der Waals surface area (Å²) in [5.74, 6) is 0. The van der Waals surface area contributed by atoms with E-state index >= 15 is 0 Å². The van der Waals surface area contributed by atoms with Crippen LogP contribution in [0.2, 0.25) is 14.4 Å². The molecule has 4 aromatic rings. The zero-order valence-corrected chi connectivity index (χ0v) is 19.6. The van der Waals surface area contributed by atoms with E-state index in [4.69, 9.17) is 34.8 Å². The van der Waals surface area contributed by atoms with Crippen LogP contribution in [0.15, 0.2) is 63.9 Å². The number of thiophene rings is 1. The third kappa shape index (κ3) is 4.59. The number of nitrogens with zero attached hydrogens (tertiary/aromatic N) is 2. The van der Waals surface area contributed by atoms with Crippen LogP contribution in [0, 0.1) is 0 Å². The minimum Gasteiger partial charge on any atom is -0.307 e. The number of urea groups is 1. The predicted molar refractivity (Wildman–Crippen MR) is 126 cm³/mol. The number of aromatic nitrogens is 2. The number of carbonyl (C=O) groups is 1. The maximum Gasteiger partial charge on any atom is 0.333 e. The highest BCUT2D eigenvalue weighted by Gasteiger charge is 2.20. The molecular formula is C19H11Cl3N4O4S2. The van der Waals surface area contributed by atoms with Crippen molar-refractivity contribution in [3.8, 4) is 5.69 Å². The van der Waals surface area contributed by atoms with Crippen LogP contribution >= 0.6 is 46.1 Å². The molecule has 13 heteroatoms. The predicted octanol–water partition coefficient (Wildman–Crippen LogP) is 4.92. The molecule has 164 valence electrons. The van der Waals surface area contributed by atoms with Gasteiger partial charge >= 0.3 is 6.03 Å². The summed E-state index contributed by atoms with van der Waals surface area (Å²) in [6.07, 6.45) is 1.33. The molecule has 2 aromatic carbocycles. The normalized spacial score (nSPS) is 11.5. The first-order valence-electron chi connectivity index (χ1n) is 8.70. The molecule has 0 bridgehead atoms. The second kappa shape index (κ2) is 8.72. The van der Waals surface area contributed by atoms with Gasteiger partial charge in [-0.25, -0.2) is 22.9 Å². The Balaban J connectivity index is 1.58. The number of rotatable bonds is 4. The summed E-state index contributed by atoms with van der Waals surface area (Å²) in [7, 11) is -4.08. The molecule has 0 atom stereocenters. The van der Waals surface area contributed by atoms with Crippen molar-refractivity contribution in [1.29, 1.82) is 0 Å². The van der Waals surface area contributed by atoms with Gasteiger partial charge in [-0.3, -0.25) is 9.36 Å². The Morgan fingerprint density at radius 2 is 1.81 bits per heavy atom. The molecular weight excluding hydrogens is 519 g/mol. The Hall–Kier alpha value is -2.63. The van der Waals surface area contributed by atoms with E-state index in [-0.39, 0.29) is 24.8 Å². The van der Waals surface area contributed by atoms with Gasteiger partial charge in [0.15, 0.2) is 0 Å². The fourth-order valence-electron chi connectivity index (χ4n) is 2.82. The van der Waals surface area contributed by atoms with E-state index in [9.17, 15) is 18.0 Å². The molecule has 2 heterocycles. The van der Waals surface area contributed by atoms with E-state index < -0.39 is 16.1 Å². The number of amides is 2. The van der Waals surface area contributed by atoms with E-state index in [1.807, 2.05) is 4.72 Å². The van der Waals surface area contributed by atoms with Crippen LogP contribution < -0.4 is 15.6 Å². The highest BCUT2D eigenvalue weighted by atomic mass is 35.5. The highest BCUT2D eigenvalue weighted by molar-refractivity contribution is 7.92. The first-order valence-corrected chi connectivity index (χ1v) is 12.1. The Bertz CT molecular complexity index is 1530. The second-order valence-electron chi connectivity index (χ2n) is 6.37. The van der Waals surface area contributed by atoms with E-state index in [0.717, 1.165) is 11.3 Å². The van der Waals surface area contributed by atoms with E-state index in [1.165, 1.54) is 47.3 Å². The third-order valence-electron chi connectivity index (χ3n) is 4.23. The monoisotopic (exact) mass is 528 g/mol. The zero-order valence-electron chi connectivity index (χ0n) is 15.7. The number of sulfonamides is 1. The smallest absolute Gasteiger partial charge is 0.307 e. The van der Waals surface area contributed by atoms with Gasteiger partial charge in [0.2, 0.25) is 0 Å². The topological polar surface area (TPSA) is 110 Å². The van der Waals surface area contributed by atoms with Crippen LogP contribution in [0.3, 0.4) is 0 Å². The van der Waals surface area contributed by atoms with Crippen molar-refractivity contribution < 1.29 is 13.2 Å². The number of halogens is 3. The summed E-state index contributed by atoms with van der Waals surface area (Å²) >= 11 is 18.9. The lowest BCUT2D eigenvalue weighted by atomic mass is 10.2. The average Bonchev–Trinajstić information content (AvgIpc) is 3.16. The van der Waals surface area contributed by atoms with Crippen LogP contribution in [-0.2, 0) is 10.0 Å². The summed E-state index contributed by atoms with van der Waals surface area (Å²) in [6.45, 7) is 0. The van der Waals surface area contributed by atoms with E-state index in [1.54, 1.807) is 12.1 Å². The molecule has 0 radical (unpaired) electrons. The Labute approximate surface area is 200 Å². The van der Waals surface area contributed by atoms with Gasteiger partial charge in [-0.05, 0) is 48.5 Å². The number of carbonyl (C=O) groups excluding carboxylic acids is 1. The number of hydrogen-bond donors (Lipinski definition) is 2. The molecule has 8 nitrogen and oxygen atoms in total. The van der Waals surface area contributed by atoms with Gasteiger partial charge in [0, 0.05) is 10.7 Å². The quantitative estimate of drug-likeness (QED) is 0.390. The summed E-state index contributed by atoms with van der Waals surface area (Å²) in [5, 5.41) is 3.22. The number of nitrogens with one attached hydrogen (secondary N) is 2. The second-order valence-corrected chi connectivity index (χ2v) is 10.8. The summed E-state index contributed by atoms with van der Waals surface area (Å²) in [5.41, 5.74) is 0.631. The lowest BCUT2D eigenvalue weighted by Crippen LogP contribution is -2.33. The van der Waals surface area contributed by atoms with Crippen LogP contribution in [-0.4, -0.2) is 24.0 Å². The highest BCUT2D eigenvalue weighted by Crippen LogP contribution is 2.26. The lowest BCUT2D eigenvalue weighted by Gasteiger charge is -2.12. The van der Waals surface area contributed by atoms with Crippen molar-refractivity contribution in [2.24, 2.45) is 0 Å². The summed E-state index contributed by atoms with van der Waals surface area (Å²) in [4.78, 5) is 29.2. The first-order chi connectivity index (χ1) is 15.1. The molecule has 0 saturated heterocycles. The summed E-state index contributed by atoms with van der Waals surface area (Å²) in [6, 6.07) is 10.8. The van der Waals surface area contributed by atoms with Crippen LogP contribution in [0.25, 0.3) is 16.6 Å². The fourth-order valence-corrected chi connectivity index (χ4v) is 5.65. The maximum atomic E-state index is 12.8. The number of anilines is 1. The molecule has 0 saturated carbocycles. The Kier molecular flexibility index (Phi) is 6.15. The molecule has 0 fully saturated rings. The van der Waals surface area contributed by atoms with Gasteiger partial charge in [-0.15, -0.1) is 11.3 Å². The largest absolute Gasteiger partial charge is 0.333 e. The number of fused-ring (bicyclic) bond motifs is 1. The van der Waals surface area contributed by atoms with Crippen LogP contribution in [0.5, 0.6) is 0 Å². The van der Waals surface area contributed by atoms with Gasteiger partial charge in [0.25, 0.3) is 15.6 Å². The van der Waals surface area contributed by atoms with Crippen molar-refractivity contribution in [2.75, 3.05) is 5.32 Å². The molecule has 2 N–H and O–H groups in total. The molecule has 0 unspecified atom stereocenters. The molecule has 0 aliphatic rings. The van der Waals surface area contributed by atoms with Gasteiger partial charge in [-0.2, -0.15) is 0 Å². The zero-order chi connectivity index (χ0) is 23.0. The van der Waals surface area contributed by atoms with Crippen molar-refractivity contribution in [3.05, 3.63) is 79.6 Å². The van der Waals surface area contributed by atoms with E-state index in [0.29, 0.717) is 21.6 Å². The van der Waals surface area contributed by atoms with Gasteiger partial charge < -0.3 is 5.32 Å². The molecule has 32 heavy (non-hydrogen) atoms. The lowest BCUT2D eigenvalue weighted by molar-refractivity contribution is 0.256. The molecule has 4 rings (SSSR count). The number of hydrogen-bond acceptors (Lipinski definition) is 6. The van der Waals surface area contributed by atoms with Crippen molar-refractivity contribution in [3.63, 3.8) is 0 Å². The van der Waals surface area contributed by atoms with Crippen LogP contribution in [0.1, 0.15) is 0 Å². The molecule has 2 aromatic heterocycles. The van der Waals surface area contributed by atoms with Gasteiger partial charge in [0.05, 0.1) is 25.9 Å². The molecule has 0 aliphatic carbocycles. The average molecular weight is 530 g/mol. The molecule has 2 amide bonds. The summed E-state index contributed by atoms with van der Waals surface area (Å²) < 4.78 is 27.7. The van der Waals surface area contributed by atoms with Crippen molar-refractivity contribution >= 4 is 78.8 Å². The standard InChI is InChI=1S/C19H11Cl3N4O4S2/c20-10-1-3-14-12(7-10)18(27)26(9-23-14)15-4-2-11(8-13(15)21)24-19(28)25-32(29,30)17-6-5-16(22)31-17/h1-9H,(H2,24,25,28). The van der Waals surface area contributed by atoms with Gasteiger partial charge in [-0.1, -0.05) is 34.8 Å². The van der Waals surface area contributed by atoms with Crippen molar-refractivity contribution in [1.82, 2.24) is 14.3 Å². The van der Waals surface area contributed by atoms with Crippen molar-refractivity contribution in [2.45, 2.75) is 4.21 Å². The van der Waals surface area contributed by atoms with E-state index in [2.05, 4.69) is 10.3 Å². The Morgan fingerprint density at radius 1 is 1.03 bits per heavy atom. The van der Waals surface area contributed by atoms with Gasteiger partial charge in [0.1, 0.15) is 10.5 Å². The maximum absolute atomic E-state index is 12.8. The minimum atomic E-state index is -4.08. The third-order valence-corrected chi connectivity index (χ3v) is 7.82. The van der Waals surface area contributed by atoms with Crippen LogP contribution in [0.4, 0.5) is 10.5 Å². The Morgan fingerprint density at radius 3 is 2.50 bits per heavy atom. The fraction of sp³-hybridized carbons (Fsp3) is 0. The first kappa shape index (κ1) is 22.6. The SMILES string of the molecule is O=C(Nc1ccc(-n2cnc3ccc(Cl)cc3c2=O)c(Cl)c1)NS(=O)(=O)c1ccc(Cl)s1. The number of benzene rings is 2.